The third-order valence-corrected chi connectivity index (χ3v) is 2.81. The highest BCUT2D eigenvalue weighted by Crippen LogP contribution is 2.24. The first-order chi connectivity index (χ1) is 7.09. The van der Waals surface area contributed by atoms with E-state index in [0.717, 1.165) is 12.8 Å². The molecule has 0 aliphatic heterocycles. The lowest BCUT2D eigenvalue weighted by Crippen LogP contribution is -2.39. The van der Waals surface area contributed by atoms with Crippen LogP contribution in [0.3, 0.4) is 0 Å². The summed E-state index contributed by atoms with van der Waals surface area (Å²) in [6.07, 6.45) is 3.88. The molecule has 15 heavy (non-hydrogen) atoms. The molecule has 0 radical (unpaired) electrons. The highest BCUT2D eigenvalue weighted by atomic mass is 16.3. The van der Waals surface area contributed by atoms with Crippen molar-refractivity contribution in [1.29, 1.82) is 0 Å². The van der Waals surface area contributed by atoms with Crippen LogP contribution in [0.5, 0.6) is 0 Å². The van der Waals surface area contributed by atoms with Crippen LogP contribution in [0.25, 0.3) is 0 Å². The molecule has 1 saturated carbocycles. The minimum atomic E-state index is -0.467. The topological polar surface area (TPSA) is 52.6 Å². The van der Waals surface area contributed by atoms with Gasteiger partial charge in [-0.1, -0.05) is 12.8 Å². The van der Waals surface area contributed by atoms with Gasteiger partial charge in [-0.2, -0.15) is 0 Å². The number of amides is 1. The van der Waals surface area contributed by atoms with Gasteiger partial charge >= 0.3 is 0 Å². The Morgan fingerprint density at radius 1 is 1.47 bits per heavy atom. The first-order valence-electron chi connectivity index (χ1n) is 5.70. The molecular formula is C11H22N2O2. The number of carbonyl (C=O) groups is 1. The van der Waals surface area contributed by atoms with E-state index in [2.05, 4.69) is 5.32 Å². The van der Waals surface area contributed by atoms with E-state index in [0.29, 0.717) is 13.1 Å². The van der Waals surface area contributed by atoms with Crippen LogP contribution in [0.15, 0.2) is 0 Å². The lowest BCUT2D eigenvalue weighted by atomic mass is 10.1. The number of likely N-dealkylation sites (N-methyl/N-ethyl adjacent to an activating group) is 1. The number of rotatable bonds is 5. The second-order valence-electron chi connectivity index (χ2n) is 4.64. The Morgan fingerprint density at radius 3 is 2.60 bits per heavy atom. The minimum Gasteiger partial charge on any atom is -0.390 e. The van der Waals surface area contributed by atoms with E-state index in [1.54, 1.807) is 0 Å². The summed E-state index contributed by atoms with van der Waals surface area (Å²) in [4.78, 5) is 13.5. The molecular weight excluding hydrogens is 192 g/mol. The molecule has 2 N–H and O–H groups in total. The number of carbonyl (C=O) groups excluding carboxylic acids is 1. The van der Waals surface area contributed by atoms with Crippen LogP contribution in [0, 0.1) is 5.92 Å². The van der Waals surface area contributed by atoms with Gasteiger partial charge in [0.15, 0.2) is 0 Å². The van der Waals surface area contributed by atoms with E-state index < -0.39 is 6.10 Å². The van der Waals surface area contributed by atoms with Crippen molar-refractivity contribution >= 4 is 5.91 Å². The summed E-state index contributed by atoms with van der Waals surface area (Å²) in [6.45, 7) is 0.957. The standard InChI is InChI=1S/C11H22N2O2/c1-13(2)8-10(14)7-12-11(15)9-5-3-4-6-9/h9-10,14H,3-8H2,1-2H3,(H,12,15). The third-order valence-electron chi connectivity index (χ3n) is 2.81. The lowest BCUT2D eigenvalue weighted by Gasteiger charge is -2.17. The molecule has 0 heterocycles. The molecule has 1 aliphatic rings. The fraction of sp³-hybridized carbons (Fsp3) is 0.909. The number of nitrogens with zero attached hydrogens (tertiary/aromatic N) is 1. The SMILES string of the molecule is CN(C)CC(O)CNC(=O)C1CCCC1. The van der Waals surface area contributed by atoms with Crippen molar-refractivity contribution in [3.05, 3.63) is 0 Å². The number of hydrogen-bond donors (Lipinski definition) is 2. The highest BCUT2D eigenvalue weighted by molar-refractivity contribution is 5.78. The molecule has 1 amide bonds. The Balaban J connectivity index is 2.15. The maximum Gasteiger partial charge on any atom is 0.223 e. The van der Waals surface area contributed by atoms with Crippen LogP contribution >= 0.6 is 0 Å². The zero-order valence-corrected chi connectivity index (χ0v) is 9.70. The van der Waals surface area contributed by atoms with Gasteiger partial charge in [0.25, 0.3) is 0 Å². The quantitative estimate of drug-likeness (QED) is 0.688. The maximum atomic E-state index is 11.6. The average Bonchev–Trinajstić information content (AvgIpc) is 2.65. The van der Waals surface area contributed by atoms with Crippen molar-refractivity contribution in [3.63, 3.8) is 0 Å². The van der Waals surface area contributed by atoms with E-state index in [-0.39, 0.29) is 11.8 Å². The Labute approximate surface area is 91.6 Å². The predicted molar refractivity (Wildman–Crippen MR) is 59.5 cm³/mol. The fourth-order valence-corrected chi connectivity index (χ4v) is 2.04. The molecule has 1 fully saturated rings. The van der Waals surface area contributed by atoms with Crippen LogP contribution in [0.4, 0.5) is 0 Å². The van der Waals surface area contributed by atoms with Gasteiger partial charge in [-0.25, -0.2) is 0 Å². The first-order valence-corrected chi connectivity index (χ1v) is 5.70. The average molecular weight is 214 g/mol. The molecule has 1 aliphatic carbocycles. The smallest absolute Gasteiger partial charge is 0.223 e. The zero-order chi connectivity index (χ0) is 11.3. The molecule has 0 aromatic carbocycles. The molecule has 0 spiro atoms. The van der Waals surface area contributed by atoms with Crippen LogP contribution in [0.1, 0.15) is 25.7 Å². The van der Waals surface area contributed by atoms with Crippen LogP contribution in [0.2, 0.25) is 0 Å². The van der Waals surface area contributed by atoms with E-state index >= 15 is 0 Å². The Kier molecular flexibility index (Phi) is 5.05. The minimum absolute atomic E-state index is 0.116. The second kappa shape index (κ2) is 6.08. The maximum absolute atomic E-state index is 11.6. The van der Waals surface area contributed by atoms with Crippen molar-refractivity contribution < 1.29 is 9.90 Å². The van der Waals surface area contributed by atoms with Crippen molar-refractivity contribution in [1.82, 2.24) is 10.2 Å². The summed E-state index contributed by atoms with van der Waals surface area (Å²) in [5, 5.41) is 12.4. The molecule has 0 aromatic heterocycles. The molecule has 88 valence electrons. The number of hydrogen-bond acceptors (Lipinski definition) is 3. The lowest BCUT2D eigenvalue weighted by molar-refractivity contribution is -0.125. The normalized spacial score (nSPS) is 19.5. The third kappa shape index (κ3) is 4.62. The van der Waals surface area contributed by atoms with E-state index in [1.165, 1.54) is 12.8 Å². The van der Waals surface area contributed by atoms with Gasteiger partial charge in [-0.3, -0.25) is 4.79 Å². The molecule has 1 unspecified atom stereocenters. The molecule has 0 bridgehead atoms. The number of aliphatic hydroxyl groups excluding tert-OH is 1. The molecule has 4 heteroatoms. The van der Waals surface area contributed by atoms with Gasteiger partial charge in [0, 0.05) is 19.0 Å². The predicted octanol–water partition coefficient (Wildman–Crippen LogP) is 0.215. The Hall–Kier alpha value is -0.610. The van der Waals surface area contributed by atoms with Crippen molar-refractivity contribution in [2.24, 2.45) is 5.92 Å². The van der Waals surface area contributed by atoms with E-state index in [9.17, 15) is 9.90 Å². The fourth-order valence-electron chi connectivity index (χ4n) is 2.04. The van der Waals surface area contributed by atoms with Crippen molar-refractivity contribution in [2.45, 2.75) is 31.8 Å². The summed E-state index contributed by atoms with van der Waals surface area (Å²) in [5.74, 6) is 0.307. The van der Waals surface area contributed by atoms with Gasteiger partial charge in [0.05, 0.1) is 6.10 Å². The number of aliphatic hydroxyl groups is 1. The molecule has 1 rings (SSSR count). The Bertz CT molecular complexity index is 201. The van der Waals surface area contributed by atoms with Crippen LogP contribution in [-0.2, 0) is 4.79 Å². The molecule has 0 saturated heterocycles. The largest absolute Gasteiger partial charge is 0.390 e. The zero-order valence-electron chi connectivity index (χ0n) is 9.70. The van der Waals surface area contributed by atoms with Gasteiger partial charge < -0.3 is 15.3 Å². The molecule has 4 nitrogen and oxygen atoms in total. The second-order valence-corrected chi connectivity index (χ2v) is 4.64. The van der Waals surface area contributed by atoms with Crippen LogP contribution in [-0.4, -0.2) is 49.2 Å². The van der Waals surface area contributed by atoms with E-state index in [1.807, 2.05) is 19.0 Å². The molecule has 1 atom stereocenters. The summed E-state index contributed by atoms with van der Waals surface area (Å²) in [5.41, 5.74) is 0. The van der Waals surface area contributed by atoms with Gasteiger partial charge in [-0.15, -0.1) is 0 Å². The van der Waals surface area contributed by atoms with E-state index in [4.69, 9.17) is 0 Å². The van der Waals surface area contributed by atoms with Crippen molar-refractivity contribution in [2.75, 3.05) is 27.2 Å². The van der Waals surface area contributed by atoms with Crippen LogP contribution < -0.4 is 5.32 Å². The Morgan fingerprint density at radius 2 is 2.07 bits per heavy atom. The first kappa shape index (κ1) is 12.5. The van der Waals surface area contributed by atoms with Gasteiger partial charge in [-0.05, 0) is 26.9 Å². The number of nitrogens with one attached hydrogen (secondary N) is 1. The van der Waals surface area contributed by atoms with Gasteiger partial charge in [0.1, 0.15) is 0 Å². The summed E-state index contributed by atoms with van der Waals surface area (Å²) >= 11 is 0. The van der Waals surface area contributed by atoms with Gasteiger partial charge in [0.2, 0.25) is 5.91 Å². The van der Waals surface area contributed by atoms with Crippen molar-refractivity contribution in [3.8, 4) is 0 Å². The summed E-state index contributed by atoms with van der Waals surface area (Å²) < 4.78 is 0. The highest BCUT2D eigenvalue weighted by Gasteiger charge is 2.22. The molecule has 0 aromatic rings. The summed E-state index contributed by atoms with van der Waals surface area (Å²) in [7, 11) is 3.81. The monoisotopic (exact) mass is 214 g/mol. The summed E-state index contributed by atoms with van der Waals surface area (Å²) in [6, 6.07) is 0.